The van der Waals surface area contributed by atoms with Crippen LogP contribution in [0.1, 0.15) is 19.3 Å². The van der Waals surface area contributed by atoms with Crippen molar-refractivity contribution in [3.8, 4) is 0 Å². The van der Waals surface area contributed by atoms with Crippen LogP contribution in [0.25, 0.3) is 0 Å². The Kier molecular flexibility index (Phi) is 5.92. The van der Waals surface area contributed by atoms with Gasteiger partial charge < -0.3 is 4.90 Å². The van der Waals surface area contributed by atoms with Gasteiger partial charge in [0.05, 0.1) is 5.25 Å². The van der Waals surface area contributed by atoms with E-state index in [0.717, 1.165) is 23.5 Å². The lowest BCUT2D eigenvalue weighted by atomic mass is 10.1. The molecule has 0 saturated carbocycles. The molecular weight excluding hydrogens is 275 g/mol. The van der Waals surface area contributed by atoms with Crippen LogP contribution in [0.2, 0.25) is 0 Å². The molecule has 1 saturated heterocycles. The fourth-order valence-corrected chi connectivity index (χ4v) is 3.21. The van der Waals surface area contributed by atoms with Crippen LogP contribution in [0.15, 0.2) is 0 Å². The highest BCUT2D eigenvalue weighted by Gasteiger charge is 2.35. The maximum atomic E-state index is 12.3. The van der Waals surface area contributed by atoms with E-state index in [2.05, 4.69) is 0 Å². The molecule has 0 aromatic heterocycles. The van der Waals surface area contributed by atoms with Gasteiger partial charge in [0.15, 0.2) is 0 Å². The molecule has 0 spiro atoms. The zero-order valence-electron chi connectivity index (χ0n) is 9.30. The van der Waals surface area contributed by atoms with Crippen LogP contribution in [0.5, 0.6) is 0 Å². The fourth-order valence-electron chi connectivity index (χ4n) is 1.72. The van der Waals surface area contributed by atoms with E-state index in [4.69, 9.17) is 11.6 Å². The summed E-state index contributed by atoms with van der Waals surface area (Å²) >= 11 is 6.89. The number of thioether (sulfide) groups is 1. The number of amides is 1. The van der Waals surface area contributed by atoms with Crippen molar-refractivity contribution < 1.29 is 18.0 Å². The topological polar surface area (TPSA) is 20.3 Å². The summed E-state index contributed by atoms with van der Waals surface area (Å²) < 4.78 is 36.9. The van der Waals surface area contributed by atoms with Gasteiger partial charge in [0.25, 0.3) is 0 Å². The largest absolute Gasteiger partial charge is 0.406 e. The van der Waals surface area contributed by atoms with Crippen LogP contribution in [0.3, 0.4) is 0 Å². The summed E-state index contributed by atoms with van der Waals surface area (Å²) in [7, 11) is 0. The minimum Gasteiger partial charge on any atom is -0.331 e. The highest BCUT2D eigenvalue weighted by Crippen LogP contribution is 2.27. The summed E-state index contributed by atoms with van der Waals surface area (Å²) in [6.45, 7) is -1.24. The molecule has 17 heavy (non-hydrogen) atoms. The van der Waals surface area contributed by atoms with E-state index < -0.39 is 18.6 Å². The Labute approximate surface area is 108 Å². The van der Waals surface area contributed by atoms with Gasteiger partial charge in [0.2, 0.25) is 5.91 Å². The van der Waals surface area contributed by atoms with Crippen LogP contribution in [-0.4, -0.2) is 47.0 Å². The monoisotopic (exact) mass is 289 g/mol. The number of rotatable bonds is 4. The number of carbonyl (C=O) groups excluding carboxylic acids is 1. The van der Waals surface area contributed by atoms with Crippen molar-refractivity contribution >= 4 is 29.3 Å². The van der Waals surface area contributed by atoms with E-state index in [-0.39, 0.29) is 17.7 Å². The Morgan fingerprint density at radius 3 is 2.59 bits per heavy atom. The van der Waals surface area contributed by atoms with Crippen LogP contribution < -0.4 is 0 Å². The normalized spacial score (nSPS) is 21.3. The third kappa shape index (κ3) is 5.38. The third-order valence-electron chi connectivity index (χ3n) is 2.49. The molecule has 1 amide bonds. The molecule has 100 valence electrons. The Morgan fingerprint density at radius 1 is 1.41 bits per heavy atom. The number of hydrogen-bond donors (Lipinski definition) is 0. The number of alkyl halides is 4. The Balaban J connectivity index is 2.58. The summed E-state index contributed by atoms with van der Waals surface area (Å²) in [5.41, 5.74) is 0. The molecular formula is C10H15ClF3NOS. The average Bonchev–Trinajstić information content (AvgIpc) is 2.27. The second-order valence-electron chi connectivity index (χ2n) is 3.92. The summed E-state index contributed by atoms with van der Waals surface area (Å²) in [6.07, 6.45) is -1.76. The summed E-state index contributed by atoms with van der Waals surface area (Å²) in [6, 6.07) is 0. The summed E-state index contributed by atoms with van der Waals surface area (Å²) in [5, 5.41) is -0.325. The van der Waals surface area contributed by atoms with Crippen molar-refractivity contribution in [3.63, 3.8) is 0 Å². The van der Waals surface area contributed by atoms with Crippen molar-refractivity contribution in [2.24, 2.45) is 0 Å². The number of carbonyl (C=O) groups is 1. The molecule has 1 heterocycles. The highest BCUT2D eigenvalue weighted by atomic mass is 35.5. The summed E-state index contributed by atoms with van der Waals surface area (Å²) in [5.74, 6) is 0.448. The maximum absolute atomic E-state index is 12.3. The predicted molar refractivity (Wildman–Crippen MR) is 63.5 cm³/mol. The molecule has 1 fully saturated rings. The van der Waals surface area contributed by atoms with Crippen molar-refractivity contribution in [2.45, 2.75) is 30.7 Å². The maximum Gasteiger partial charge on any atom is 0.406 e. The van der Waals surface area contributed by atoms with E-state index in [9.17, 15) is 18.0 Å². The van der Waals surface area contributed by atoms with Gasteiger partial charge in [0, 0.05) is 12.4 Å². The molecule has 7 heteroatoms. The third-order valence-corrected chi connectivity index (χ3v) is 4.02. The van der Waals surface area contributed by atoms with E-state index in [1.165, 1.54) is 11.8 Å². The molecule has 1 aliphatic heterocycles. The number of hydrogen-bond acceptors (Lipinski definition) is 2. The van der Waals surface area contributed by atoms with Gasteiger partial charge >= 0.3 is 6.18 Å². The van der Waals surface area contributed by atoms with Crippen LogP contribution >= 0.6 is 23.4 Å². The predicted octanol–water partition coefficient (Wildman–Crippen LogP) is 2.90. The Bertz CT molecular complexity index is 256. The molecule has 1 atom stereocenters. The molecule has 0 aromatic carbocycles. The minimum atomic E-state index is -4.36. The smallest absolute Gasteiger partial charge is 0.331 e. The lowest BCUT2D eigenvalue weighted by Crippen LogP contribution is -2.44. The second-order valence-corrected chi connectivity index (χ2v) is 5.61. The molecule has 0 radical (unpaired) electrons. The molecule has 0 aromatic rings. The van der Waals surface area contributed by atoms with Gasteiger partial charge in [-0.15, -0.1) is 23.4 Å². The molecule has 0 N–H and O–H groups in total. The van der Waals surface area contributed by atoms with E-state index in [1.54, 1.807) is 0 Å². The molecule has 0 bridgehead atoms. The Hall–Kier alpha value is -0.100. The van der Waals surface area contributed by atoms with E-state index >= 15 is 0 Å². The van der Waals surface area contributed by atoms with Gasteiger partial charge in [-0.2, -0.15) is 13.2 Å². The van der Waals surface area contributed by atoms with Crippen molar-refractivity contribution in [2.75, 3.05) is 24.7 Å². The van der Waals surface area contributed by atoms with Crippen LogP contribution in [0.4, 0.5) is 13.2 Å². The molecule has 0 aliphatic carbocycles. The van der Waals surface area contributed by atoms with Gasteiger partial charge in [0.1, 0.15) is 6.54 Å². The standard InChI is InChI=1S/C10H15ClF3NOS/c11-4-5-15(7-10(12,13)14)9(16)8-3-1-2-6-17-8/h8H,1-7H2. The lowest BCUT2D eigenvalue weighted by Gasteiger charge is -2.29. The van der Waals surface area contributed by atoms with Crippen molar-refractivity contribution in [3.05, 3.63) is 0 Å². The number of halogens is 4. The van der Waals surface area contributed by atoms with Crippen LogP contribution in [-0.2, 0) is 4.79 Å². The molecule has 2 nitrogen and oxygen atoms in total. The van der Waals surface area contributed by atoms with Gasteiger partial charge in [-0.3, -0.25) is 4.79 Å². The first-order valence-electron chi connectivity index (χ1n) is 5.47. The molecule has 1 unspecified atom stereocenters. The second kappa shape index (κ2) is 6.73. The first-order valence-corrected chi connectivity index (χ1v) is 7.05. The first kappa shape index (κ1) is 15.0. The van der Waals surface area contributed by atoms with E-state index in [0.29, 0.717) is 6.42 Å². The quantitative estimate of drug-likeness (QED) is 0.742. The molecule has 1 rings (SSSR count). The fraction of sp³-hybridized carbons (Fsp3) is 0.900. The van der Waals surface area contributed by atoms with Crippen molar-refractivity contribution in [1.29, 1.82) is 0 Å². The van der Waals surface area contributed by atoms with E-state index in [1.807, 2.05) is 0 Å². The van der Waals surface area contributed by atoms with Crippen molar-refractivity contribution in [1.82, 2.24) is 4.90 Å². The minimum absolute atomic E-state index is 0.0270. The number of nitrogens with zero attached hydrogens (tertiary/aromatic N) is 1. The SMILES string of the molecule is O=C(C1CCCCS1)N(CCCl)CC(F)(F)F. The summed E-state index contributed by atoms with van der Waals surface area (Å²) in [4.78, 5) is 12.7. The first-order chi connectivity index (χ1) is 7.94. The van der Waals surface area contributed by atoms with Gasteiger partial charge in [-0.05, 0) is 18.6 Å². The van der Waals surface area contributed by atoms with Gasteiger partial charge in [-0.25, -0.2) is 0 Å². The molecule has 1 aliphatic rings. The zero-order valence-corrected chi connectivity index (χ0v) is 10.9. The highest BCUT2D eigenvalue weighted by molar-refractivity contribution is 8.00. The lowest BCUT2D eigenvalue weighted by molar-refractivity contribution is -0.160. The zero-order chi connectivity index (χ0) is 12.9. The average molecular weight is 290 g/mol. The van der Waals surface area contributed by atoms with Gasteiger partial charge in [-0.1, -0.05) is 6.42 Å². The van der Waals surface area contributed by atoms with Crippen LogP contribution in [0, 0.1) is 0 Å². The Morgan fingerprint density at radius 2 is 2.12 bits per heavy atom.